The van der Waals surface area contributed by atoms with E-state index in [2.05, 4.69) is 4.98 Å². The van der Waals surface area contributed by atoms with E-state index in [9.17, 15) is 0 Å². The Hall–Kier alpha value is -2.18. The molecule has 22 heavy (non-hydrogen) atoms. The minimum absolute atomic E-state index is 0.275. The summed E-state index contributed by atoms with van der Waals surface area (Å²) < 4.78 is 16.6. The van der Waals surface area contributed by atoms with E-state index >= 15 is 0 Å². The summed E-state index contributed by atoms with van der Waals surface area (Å²) in [6.07, 6.45) is 0. The molecule has 1 aliphatic heterocycles. The fourth-order valence-electron chi connectivity index (χ4n) is 2.49. The zero-order chi connectivity index (χ0) is 14.9. The molecule has 4 rings (SSSR count). The molecule has 0 bridgehead atoms. The van der Waals surface area contributed by atoms with Crippen molar-refractivity contribution in [3.8, 4) is 5.75 Å². The molecule has 3 aromatic rings. The topological polar surface area (TPSA) is 70.5 Å². The Bertz CT molecular complexity index is 798. The van der Waals surface area contributed by atoms with Crippen LogP contribution in [-0.4, -0.2) is 11.8 Å². The molecular formula is C16H14N2O3S. The lowest BCUT2D eigenvalue weighted by Gasteiger charge is -2.21. The number of thioether (sulfide) groups is 1. The number of nitrogens with two attached hydrogens (primary N) is 1. The molecule has 0 saturated carbocycles. The van der Waals surface area contributed by atoms with E-state index in [1.165, 1.54) is 11.8 Å². The molecule has 2 aromatic carbocycles. The van der Waals surface area contributed by atoms with Crippen molar-refractivity contribution in [3.05, 3.63) is 47.5 Å². The Morgan fingerprint density at radius 3 is 3.05 bits per heavy atom. The molecular weight excluding hydrogens is 300 g/mol. The van der Waals surface area contributed by atoms with E-state index < -0.39 is 0 Å². The zero-order valence-electron chi connectivity index (χ0n) is 11.7. The second-order valence-corrected chi connectivity index (χ2v) is 5.94. The molecule has 0 aliphatic carbocycles. The van der Waals surface area contributed by atoms with Gasteiger partial charge < -0.3 is 19.6 Å². The van der Waals surface area contributed by atoms with Crippen molar-refractivity contribution in [3.63, 3.8) is 0 Å². The van der Waals surface area contributed by atoms with Crippen molar-refractivity contribution in [2.75, 3.05) is 12.5 Å². The third kappa shape index (κ3) is 2.51. The van der Waals surface area contributed by atoms with Crippen LogP contribution in [0.1, 0.15) is 11.1 Å². The number of hydrogen-bond acceptors (Lipinski definition) is 6. The Balaban J connectivity index is 1.59. The van der Waals surface area contributed by atoms with Gasteiger partial charge in [0.15, 0.2) is 12.4 Å². The van der Waals surface area contributed by atoms with Crippen LogP contribution in [0.4, 0.5) is 5.69 Å². The number of benzene rings is 2. The first-order valence-corrected chi connectivity index (χ1v) is 7.88. The number of para-hydroxylation sites is 2. The first-order valence-electron chi connectivity index (χ1n) is 6.90. The van der Waals surface area contributed by atoms with Crippen molar-refractivity contribution in [2.45, 2.75) is 17.6 Å². The van der Waals surface area contributed by atoms with E-state index in [0.717, 1.165) is 28.0 Å². The van der Waals surface area contributed by atoms with Gasteiger partial charge in [-0.1, -0.05) is 23.9 Å². The predicted molar refractivity (Wildman–Crippen MR) is 84.7 cm³/mol. The lowest BCUT2D eigenvalue weighted by atomic mass is 10.1. The summed E-state index contributed by atoms with van der Waals surface area (Å²) >= 11 is 1.53. The molecule has 112 valence electrons. The van der Waals surface area contributed by atoms with Gasteiger partial charge in [-0.15, -0.1) is 0 Å². The molecule has 2 heterocycles. The molecule has 0 amide bonds. The summed E-state index contributed by atoms with van der Waals surface area (Å²) in [6, 6.07) is 11.5. The molecule has 0 radical (unpaired) electrons. The van der Waals surface area contributed by atoms with E-state index in [1.807, 2.05) is 36.4 Å². The average Bonchev–Trinajstić information content (AvgIpc) is 2.95. The largest absolute Gasteiger partial charge is 0.467 e. The van der Waals surface area contributed by atoms with Crippen LogP contribution in [0.2, 0.25) is 0 Å². The number of anilines is 1. The van der Waals surface area contributed by atoms with E-state index in [4.69, 9.17) is 19.6 Å². The van der Waals surface area contributed by atoms with Crippen molar-refractivity contribution in [1.29, 1.82) is 0 Å². The van der Waals surface area contributed by atoms with Gasteiger partial charge >= 0.3 is 0 Å². The van der Waals surface area contributed by atoms with Crippen LogP contribution >= 0.6 is 11.8 Å². The lowest BCUT2D eigenvalue weighted by molar-refractivity contribution is -0.0168. The van der Waals surface area contributed by atoms with Gasteiger partial charge in [-0.2, -0.15) is 0 Å². The van der Waals surface area contributed by atoms with E-state index in [0.29, 0.717) is 23.3 Å². The highest BCUT2D eigenvalue weighted by molar-refractivity contribution is 7.98. The van der Waals surface area contributed by atoms with Crippen molar-refractivity contribution in [1.82, 2.24) is 4.98 Å². The van der Waals surface area contributed by atoms with Crippen LogP contribution in [0, 0.1) is 0 Å². The third-order valence-electron chi connectivity index (χ3n) is 3.43. The molecule has 0 spiro atoms. The highest BCUT2D eigenvalue weighted by atomic mass is 32.2. The van der Waals surface area contributed by atoms with Crippen LogP contribution in [0.5, 0.6) is 5.75 Å². The average molecular weight is 314 g/mol. The summed E-state index contributed by atoms with van der Waals surface area (Å²) in [7, 11) is 0. The molecule has 1 aromatic heterocycles. The van der Waals surface area contributed by atoms with Crippen molar-refractivity contribution < 1.29 is 13.9 Å². The first kappa shape index (κ1) is 13.5. The Kier molecular flexibility index (Phi) is 3.40. The quantitative estimate of drug-likeness (QED) is 0.588. The number of aromatic nitrogens is 1. The normalized spacial score (nSPS) is 13.8. The van der Waals surface area contributed by atoms with Gasteiger partial charge in [-0.25, -0.2) is 4.98 Å². The van der Waals surface area contributed by atoms with Crippen LogP contribution < -0.4 is 10.5 Å². The molecule has 0 saturated heterocycles. The number of fused-ring (bicyclic) bond motifs is 2. The second-order valence-electron chi connectivity index (χ2n) is 5.02. The summed E-state index contributed by atoms with van der Waals surface area (Å²) in [6.45, 7) is 0.804. The Morgan fingerprint density at radius 1 is 1.23 bits per heavy atom. The number of rotatable bonds is 3. The van der Waals surface area contributed by atoms with Gasteiger partial charge in [0.05, 0.1) is 6.61 Å². The molecule has 2 N–H and O–H groups in total. The van der Waals surface area contributed by atoms with Crippen LogP contribution in [0.15, 0.2) is 46.0 Å². The van der Waals surface area contributed by atoms with Gasteiger partial charge in [0.2, 0.25) is 0 Å². The minimum Gasteiger partial charge on any atom is -0.467 e. The van der Waals surface area contributed by atoms with Gasteiger partial charge in [-0.05, 0) is 24.3 Å². The summed E-state index contributed by atoms with van der Waals surface area (Å²) in [5, 5.41) is 0.643. The SMILES string of the molecule is Nc1cc2c(c(CSc3nc4ccccc4o3)c1)OCOC2. The number of nitrogens with zero attached hydrogens (tertiary/aromatic N) is 1. The maximum atomic E-state index is 5.95. The van der Waals surface area contributed by atoms with E-state index in [-0.39, 0.29) is 6.79 Å². The number of nitrogen functional groups attached to an aromatic ring is 1. The van der Waals surface area contributed by atoms with Crippen LogP contribution in [0.3, 0.4) is 0 Å². The lowest BCUT2D eigenvalue weighted by Crippen LogP contribution is -2.13. The van der Waals surface area contributed by atoms with E-state index in [1.54, 1.807) is 0 Å². The standard InChI is InChI=1S/C16H14N2O3S/c17-12-5-10-7-19-9-20-15(10)11(6-12)8-22-16-18-13-3-1-2-4-14(13)21-16/h1-6H,7-9,17H2. The summed E-state index contributed by atoms with van der Waals surface area (Å²) in [5.41, 5.74) is 10.3. The molecule has 5 nitrogen and oxygen atoms in total. The molecule has 6 heteroatoms. The summed E-state index contributed by atoms with van der Waals surface area (Å²) in [4.78, 5) is 4.46. The van der Waals surface area contributed by atoms with Crippen molar-refractivity contribution in [2.24, 2.45) is 0 Å². The van der Waals surface area contributed by atoms with Crippen molar-refractivity contribution >= 4 is 28.5 Å². The Morgan fingerprint density at radius 2 is 2.14 bits per heavy atom. The monoisotopic (exact) mass is 314 g/mol. The third-order valence-corrected chi connectivity index (χ3v) is 4.31. The van der Waals surface area contributed by atoms with Gasteiger partial charge in [-0.3, -0.25) is 0 Å². The summed E-state index contributed by atoms with van der Waals surface area (Å²) in [5.74, 6) is 1.55. The maximum absolute atomic E-state index is 5.95. The molecule has 1 aliphatic rings. The second kappa shape index (κ2) is 5.55. The minimum atomic E-state index is 0.275. The highest BCUT2D eigenvalue weighted by Crippen LogP contribution is 2.35. The van der Waals surface area contributed by atoms with Gasteiger partial charge in [0.1, 0.15) is 11.3 Å². The first-order chi connectivity index (χ1) is 10.8. The fourth-order valence-corrected chi connectivity index (χ4v) is 3.29. The number of ether oxygens (including phenoxy) is 2. The van der Waals surface area contributed by atoms with Gasteiger partial charge in [0, 0.05) is 22.6 Å². The van der Waals surface area contributed by atoms with Crippen LogP contribution in [-0.2, 0) is 17.1 Å². The number of hydrogen-bond donors (Lipinski definition) is 1. The Labute approximate surface area is 131 Å². The number of oxazole rings is 1. The van der Waals surface area contributed by atoms with Gasteiger partial charge in [0.25, 0.3) is 5.22 Å². The molecule has 0 unspecified atom stereocenters. The maximum Gasteiger partial charge on any atom is 0.257 e. The zero-order valence-corrected chi connectivity index (χ0v) is 12.6. The smallest absolute Gasteiger partial charge is 0.257 e. The molecule has 0 fully saturated rings. The highest BCUT2D eigenvalue weighted by Gasteiger charge is 2.17. The predicted octanol–water partition coefficient (Wildman–Crippen LogP) is 3.57. The fraction of sp³-hybridized carbons (Fsp3) is 0.188. The van der Waals surface area contributed by atoms with Crippen LogP contribution in [0.25, 0.3) is 11.1 Å². The molecule has 0 atom stereocenters.